The van der Waals surface area contributed by atoms with Crippen LogP contribution in [0.25, 0.3) is 22.6 Å². The zero-order valence-corrected chi connectivity index (χ0v) is 23.8. The summed E-state index contributed by atoms with van der Waals surface area (Å²) in [6, 6.07) is 13.9. The standard InChI is InChI=1S/C30H37N9O2/c1-32-20-25(18-31)24-6-4-23(5-7-24)19-33-29-17-27(35-22-36-29)28-21-34-30-16-26(8-9-39(28)30)41-15-13-38(3)11-10-37(2)12-14-40/h4-9,14,16-18,20-22H,10-13,15,19,31H2,1-3H3,(H,33,35,36). The lowest BCUT2D eigenvalue weighted by Gasteiger charge is -2.20. The highest BCUT2D eigenvalue weighted by atomic mass is 16.5. The number of carbonyl (C=O) groups is 1. The monoisotopic (exact) mass is 555 g/mol. The molecule has 4 rings (SSSR count). The number of anilines is 1. The Kier molecular flexibility index (Phi) is 10.5. The molecule has 0 saturated heterocycles. The number of carbonyl (C=O) groups excluding carboxylic acids is 1. The highest BCUT2D eigenvalue weighted by Gasteiger charge is 2.10. The summed E-state index contributed by atoms with van der Waals surface area (Å²) < 4.78 is 7.95. The summed E-state index contributed by atoms with van der Waals surface area (Å²) in [4.78, 5) is 32.2. The first-order valence-corrected chi connectivity index (χ1v) is 13.4. The van der Waals surface area contributed by atoms with Crippen molar-refractivity contribution in [2.75, 3.05) is 59.2 Å². The highest BCUT2D eigenvalue weighted by Crippen LogP contribution is 2.23. The van der Waals surface area contributed by atoms with Crippen LogP contribution in [0.4, 0.5) is 5.82 Å². The molecule has 0 unspecified atom stereocenters. The molecular formula is C30H37N9O2. The van der Waals surface area contributed by atoms with E-state index in [2.05, 4.69) is 30.2 Å². The molecule has 0 spiro atoms. The summed E-state index contributed by atoms with van der Waals surface area (Å²) in [7, 11) is 5.70. The minimum absolute atomic E-state index is 0.447. The minimum Gasteiger partial charge on any atom is -0.492 e. The Balaban J connectivity index is 1.34. The summed E-state index contributed by atoms with van der Waals surface area (Å²) in [6.07, 6.45) is 9.50. The third-order valence-electron chi connectivity index (χ3n) is 6.61. The highest BCUT2D eigenvalue weighted by molar-refractivity contribution is 6.09. The molecule has 0 aliphatic carbocycles. The van der Waals surface area contributed by atoms with Crippen LogP contribution in [0.3, 0.4) is 0 Å². The van der Waals surface area contributed by atoms with E-state index in [4.69, 9.17) is 10.5 Å². The van der Waals surface area contributed by atoms with Crippen LogP contribution in [-0.4, -0.2) is 95.6 Å². The smallest absolute Gasteiger partial charge is 0.140 e. The molecule has 1 aromatic carbocycles. The summed E-state index contributed by atoms with van der Waals surface area (Å²) in [5.41, 5.74) is 11.1. The molecule has 3 N–H and O–H groups in total. The van der Waals surface area contributed by atoms with Gasteiger partial charge in [0.05, 0.1) is 24.1 Å². The number of fused-ring (bicyclic) bond motifs is 1. The molecule has 0 aliphatic rings. The fourth-order valence-electron chi connectivity index (χ4n) is 4.19. The first-order valence-electron chi connectivity index (χ1n) is 13.4. The van der Waals surface area contributed by atoms with Crippen molar-refractivity contribution >= 4 is 29.5 Å². The number of nitrogens with zero attached hydrogens (tertiary/aromatic N) is 7. The average molecular weight is 556 g/mol. The fraction of sp³-hybridized carbons (Fsp3) is 0.300. The molecule has 0 amide bonds. The van der Waals surface area contributed by atoms with E-state index in [0.717, 1.165) is 71.2 Å². The van der Waals surface area contributed by atoms with Crippen LogP contribution in [0, 0.1) is 0 Å². The number of nitrogens with two attached hydrogens (primary N) is 1. The minimum atomic E-state index is 0.447. The lowest BCUT2D eigenvalue weighted by atomic mass is 10.1. The van der Waals surface area contributed by atoms with Gasteiger partial charge in [0.15, 0.2) is 0 Å². The lowest BCUT2D eigenvalue weighted by Crippen LogP contribution is -2.33. The SMILES string of the molecule is CN=CC(=CN)c1ccc(CNc2cc(-c3cnc4cc(OCCN(C)CCN(C)CC=O)ccn34)ncn2)cc1. The Morgan fingerprint density at radius 3 is 2.63 bits per heavy atom. The van der Waals surface area contributed by atoms with Gasteiger partial charge in [-0.05, 0) is 31.3 Å². The Morgan fingerprint density at radius 1 is 1.07 bits per heavy atom. The van der Waals surface area contributed by atoms with E-state index in [0.29, 0.717) is 19.7 Å². The van der Waals surface area contributed by atoms with Crippen molar-refractivity contribution in [1.82, 2.24) is 29.2 Å². The molecule has 0 aliphatic heterocycles. The van der Waals surface area contributed by atoms with E-state index in [1.807, 2.05) is 72.1 Å². The molecule has 11 heteroatoms. The summed E-state index contributed by atoms with van der Waals surface area (Å²) in [5, 5.41) is 3.37. The quantitative estimate of drug-likeness (QED) is 0.168. The molecule has 0 atom stereocenters. The Morgan fingerprint density at radius 2 is 1.88 bits per heavy atom. The average Bonchev–Trinajstić information content (AvgIpc) is 3.42. The number of allylic oxidation sites excluding steroid dienone is 1. The van der Waals surface area contributed by atoms with Crippen molar-refractivity contribution in [3.05, 3.63) is 78.5 Å². The van der Waals surface area contributed by atoms with E-state index in [1.54, 1.807) is 32.0 Å². The molecule has 0 fully saturated rings. The van der Waals surface area contributed by atoms with E-state index >= 15 is 0 Å². The predicted octanol–water partition coefficient (Wildman–Crippen LogP) is 2.84. The normalized spacial score (nSPS) is 12.1. The van der Waals surface area contributed by atoms with Crippen molar-refractivity contribution < 1.29 is 9.53 Å². The maximum absolute atomic E-state index is 10.6. The van der Waals surface area contributed by atoms with Crippen molar-refractivity contribution in [2.24, 2.45) is 10.7 Å². The van der Waals surface area contributed by atoms with E-state index < -0.39 is 0 Å². The van der Waals surface area contributed by atoms with Gasteiger partial charge in [-0.15, -0.1) is 0 Å². The van der Waals surface area contributed by atoms with Gasteiger partial charge in [-0.25, -0.2) is 15.0 Å². The lowest BCUT2D eigenvalue weighted by molar-refractivity contribution is -0.108. The predicted molar refractivity (Wildman–Crippen MR) is 163 cm³/mol. The van der Waals surface area contributed by atoms with Crippen molar-refractivity contribution in [3.63, 3.8) is 0 Å². The Hall–Kier alpha value is -4.61. The summed E-state index contributed by atoms with van der Waals surface area (Å²) in [5.74, 6) is 1.48. The number of nitrogens with one attached hydrogen (secondary N) is 1. The van der Waals surface area contributed by atoms with Gasteiger partial charge in [0.25, 0.3) is 0 Å². The van der Waals surface area contributed by atoms with Gasteiger partial charge in [0.1, 0.15) is 36.4 Å². The number of aldehydes is 1. The summed E-state index contributed by atoms with van der Waals surface area (Å²) in [6.45, 7) is 4.08. The number of ether oxygens (including phenoxy) is 1. The van der Waals surface area contributed by atoms with E-state index in [-0.39, 0.29) is 0 Å². The van der Waals surface area contributed by atoms with Gasteiger partial charge in [-0.3, -0.25) is 14.3 Å². The molecule has 4 aromatic rings. The number of aromatic nitrogens is 4. The number of likely N-dealkylation sites (N-methyl/N-ethyl adjacent to an activating group) is 2. The van der Waals surface area contributed by atoms with Crippen LogP contribution in [0.5, 0.6) is 5.75 Å². The third-order valence-corrected chi connectivity index (χ3v) is 6.61. The maximum Gasteiger partial charge on any atom is 0.140 e. The number of hydrogen-bond donors (Lipinski definition) is 2. The van der Waals surface area contributed by atoms with Crippen LogP contribution in [0.15, 0.2) is 72.4 Å². The summed E-state index contributed by atoms with van der Waals surface area (Å²) >= 11 is 0. The van der Waals surface area contributed by atoms with Gasteiger partial charge in [-0.2, -0.15) is 0 Å². The van der Waals surface area contributed by atoms with Gasteiger partial charge < -0.3 is 25.5 Å². The van der Waals surface area contributed by atoms with Crippen molar-refractivity contribution in [1.29, 1.82) is 0 Å². The van der Waals surface area contributed by atoms with Crippen molar-refractivity contribution in [3.8, 4) is 17.1 Å². The largest absolute Gasteiger partial charge is 0.492 e. The zero-order valence-electron chi connectivity index (χ0n) is 23.8. The molecule has 3 aromatic heterocycles. The molecule has 3 heterocycles. The van der Waals surface area contributed by atoms with Crippen LogP contribution < -0.4 is 15.8 Å². The van der Waals surface area contributed by atoms with Crippen LogP contribution in [0.2, 0.25) is 0 Å². The Labute approximate surface area is 240 Å². The van der Waals surface area contributed by atoms with Crippen LogP contribution in [0.1, 0.15) is 11.1 Å². The van der Waals surface area contributed by atoms with Gasteiger partial charge in [-0.1, -0.05) is 24.3 Å². The molecule has 0 saturated carbocycles. The number of rotatable bonds is 15. The van der Waals surface area contributed by atoms with Crippen LogP contribution >= 0.6 is 0 Å². The third kappa shape index (κ3) is 8.19. The number of imidazole rings is 1. The molecule has 11 nitrogen and oxygen atoms in total. The first-order chi connectivity index (χ1) is 20.0. The van der Waals surface area contributed by atoms with Gasteiger partial charge in [0, 0.05) is 69.5 Å². The van der Waals surface area contributed by atoms with E-state index in [9.17, 15) is 4.79 Å². The van der Waals surface area contributed by atoms with Gasteiger partial charge >= 0.3 is 0 Å². The second-order valence-corrected chi connectivity index (χ2v) is 9.66. The first kappa shape index (κ1) is 29.4. The molecular weight excluding hydrogens is 518 g/mol. The number of aliphatic imine (C=N–C) groups is 1. The molecule has 0 radical (unpaired) electrons. The van der Waals surface area contributed by atoms with Crippen molar-refractivity contribution in [2.45, 2.75) is 6.54 Å². The maximum atomic E-state index is 10.6. The fourth-order valence-corrected chi connectivity index (χ4v) is 4.19. The van der Waals surface area contributed by atoms with E-state index in [1.165, 1.54) is 0 Å². The Bertz CT molecular complexity index is 1480. The molecule has 214 valence electrons. The second kappa shape index (κ2) is 14.7. The molecule has 0 bridgehead atoms. The van der Waals surface area contributed by atoms with Crippen LogP contribution in [-0.2, 0) is 11.3 Å². The zero-order chi connectivity index (χ0) is 29.0. The topological polar surface area (TPSA) is 126 Å². The molecule has 41 heavy (non-hydrogen) atoms. The van der Waals surface area contributed by atoms with Gasteiger partial charge in [0.2, 0.25) is 0 Å². The number of hydrogen-bond acceptors (Lipinski definition) is 10. The number of pyridine rings is 1. The number of benzene rings is 1. The second-order valence-electron chi connectivity index (χ2n) is 9.66.